The number of carbonyl (C=O) groups is 2. The van der Waals surface area contributed by atoms with E-state index in [1.807, 2.05) is 42.5 Å². The summed E-state index contributed by atoms with van der Waals surface area (Å²) in [5.41, 5.74) is 3.40. The molecule has 2 heterocycles. The van der Waals surface area contributed by atoms with Gasteiger partial charge in [-0.3, -0.25) is 9.59 Å². The SMILES string of the molecule is O=C1CC(C(=O)Nc2cccc(-c3nc4ccccc4s3)c2)c2ccc(F)cc2N1. The summed E-state index contributed by atoms with van der Waals surface area (Å²) in [5, 5.41) is 6.39. The number of thiazole rings is 1. The second kappa shape index (κ2) is 7.35. The van der Waals surface area contributed by atoms with Crippen LogP contribution in [-0.4, -0.2) is 16.8 Å². The Balaban J connectivity index is 1.42. The highest BCUT2D eigenvalue weighted by Crippen LogP contribution is 2.35. The molecule has 0 saturated carbocycles. The van der Waals surface area contributed by atoms with Gasteiger partial charge in [0.1, 0.15) is 10.8 Å². The van der Waals surface area contributed by atoms with Gasteiger partial charge in [-0.05, 0) is 42.0 Å². The third-order valence-corrected chi connectivity index (χ3v) is 6.13. The topological polar surface area (TPSA) is 71.1 Å². The van der Waals surface area contributed by atoms with Crippen LogP contribution in [0, 0.1) is 5.82 Å². The van der Waals surface area contributed by atoms with E-state index in [0.29, 0.717) is 16.9 Å². The van der Waals surface area contributed by atoms with Crippen molar-refractivity contribution in [1.29, 1.82) is 0 Å². The van der Waals surface area contributed by atoms with Crippen LogP contribution in [-0.2, 0) is 9.59 Å². The summed E-state index contributed by atoms with van der Waals surface area (Å²) >= 11 is 1.59. The first-order valence-electron chi connectivity index (χ1n) is 9.43. The van der Waals surface area contributed by atoms with Crippen LogP contribution in [0.5, 0.6) is 0 Å². The molecule has 1 aliphatic heterocycles. The van der Waals surface area contributed by atoms with Gasteiger partial charge in [0, 0.05) is 23.4 Å². The summed E-state index contributed by atoms with van der Waals surface area (Å²) in [7, 11) is 0. The highest BCUT2D eigenvalue weighted by molar-refractivity contribution is 7.21. The maximum atomic E-state index is 13.5. The van der Waals surface area contributed by atoms with Crippen LogP contribution < -0.4 is 10.6 Å². The van der Waals surface area contributed by atoms with Crippen molar-refractivity contribution in [3.63, 3.8) is 0 Å². The van der Waals surface area contributed by atoms with Gasteiger partial charge >= 0.3 is 0 Å². The largest absolute Gasteiger partial charge is 0.326 e. The zero-order valence-electron chi connectivity index (χ0n) is 15.7. The minimum absolute atomic E-state index is 0.0159. The predicted octanol–water partition coefficient (Wildman–Crippen LogP) is 5.17. The number of halogens is 1. The fraction of sp³-hybridized carbons (Fsp3) is 0.0870. The minimum Gasteiger partial charge on any atom is -0.326 e. The molecule has 2 N–H and O–H groups in total. The first kappa shape index (κ1) is 18.4. The Bertz CT molecular complexity index is 1270. The fourth-order valence-corrected chi connectivity index (χ4v) is 4.59. The van der Waals surface area contributed by atoms with Crippen molar-refractivity contribution >= 4 is 44.7 Å². The number of hydrogen-bond acceptors (Lipinski definition) is 4. The summed E-state index contributed by atoms with van der Waals surface area (Å²) in [6.45, 7) is 0. The third-order valence-electron chi connectivity index (χ3n) is 5.04. The molecule has 5 rings (SSSR count). The average Bonchev–Trinajstić information content (AvgIpc) is 3.17. The summed E-state index contributed by atoms with van der Waals surface area (Å²) in [6.07, 6.45) is 0.0159. The van der Waals surface area contributed by atoms with E-state index >= 15 is 0 Å². The second-order valence-electron chi connectivity index (χ2n) is 7.09. The second-order valence-corrected chi connectivity index (χ2v) is 8.12. The number of amides is 2. The minimum atomic E-state index is -0.680. The Morgan fingerprint density at radius 3 is 2.83 bits per heavy atom. The van der Waals surface area contributed by atoms with Crippen molar-refractivity contribution < 1.29 is 14.0 Å². The molecule has 0 radical (unpaired) electrons. The molecule has 3 aromatic carbocycles. The molecule has 1 atom stereocenters. The van der Waals surface area contributed by atoms with Gasteiger partial charge in [-0.2, -0.15) is 0 Å². The summed E-state index contributed by atoms with van der Waals surface area (Å²) in [4.78, 5) is 29.6. The number of nitrogens with zero attached hydrogens (tertiary/aromatic N) is 1. The molecular formula is C23H16FN3O2S. The molecule has 0 bridgehead atoms. The van der Waals surface area contributed by atoms with Crippen LogP contribution in [0.2, 0.25) is 0 Å². The van der Waals surface area contributed by atoms with Gasteiger partial charge < -0.3 is 10.6 Å². The number of para-hydroxylation sites is 1. The molecular weight excluding hydrogens is 401 g/mol. The van der Waals surface area contributed by atoms with Crippen molar-refractivity contribution in [2.75, 3.05) is 10.6 Å². The molecule has 0 aliphatic carbocycles. The lowest BCUT2D eigenvalue weighted by atomic mass is 9.89. The van der Waals surface area contributed by atoms with E-state index in [9.17, 15) is 14.0 Å². The zero-order valence-corrected chi connectivity index (χ0v) is 16.5. The average molecular weight is 417 g/mol. The Morgan fingerprint density at radius 2 is 1.97 bits per heavy atom. The standard InChI is InChI=1S/C23H16FN3O2S/c24-14-8-9-16-17(12-21(28)26-19(16)11-14)22(29)25-15-5-3-4-13(10-15)23-27-18-6-1-2-7-20(18)30-23/h1-11,17H,12H2,(H,25,29)(H,26,28). The Hall–Kier alpha value is -3.58. The van der Waals surface area contributed by atoms with Gasteiger partial charge in [-0.25, -0.2) is 9.37 Å². The van der Waals surface area contributed by atoms with Gasteiger partial charge in [0.05, 0.1) is 16.1 Å². The number of aromatic nitrogens is 1. The smallest absolute Gasteiger partial charge is 0.232 e. The number of anilines is 2. The van der Waals surface area contributed by atoms with E-state index in [1.54, 1.807) is 23.5 Å². The lowest BCUT2D eigenvalue weighted by Gasteiger charge is -2.25. The molecule has 1 aliphatic rings. The number of hydrogen-bond donors (Lipinski definition) is 2. The van der Waals surface area contributed by atoms with E-state index in [0.717, 1.165) is 20.8 Å². The molecule has 148 valence electrons. The van der Waals surface area contributed by atoms with Crippen molar-refractivity contribution in [2.45, 2.75) is 12.3 Å². The fourth-order valence-electron chi connectivity index (χ4n) is 3.63. The summed E-state index contributed by atoms with van der Waals surface area (Å²) in [6, 6.07) is 19.5. The van der Waals surface area contributed by atoms with Crippen LogP contribution in [0.1, 0.15) is 17.9 Å². The quantitative estimate of drug-likeness (QED) is 0.483. The predicted molar refractivity (Wildman–Crippen MR) is 116 cm³/mol. The third kappa shape index (κ3) is 3.44. The molecule has 2 amide bonds. The molecule has 0 saturated heterocycles. The summed E-state index contributed by atoms with van der Waals surface area (Å²) in [5.74, 6) is -1.75. The van der Waals surface area contributed by atoms with Crippen LogP contribution in [0.4, 0.5) is 15.8 Å². The normalized spacial score (nSPS) is 15.5. The van der Waals surface area contributed by atoms with E-state index in [-0.39, 0.29) is 18.2 Å². The molecule has 5 nitrogen and oxygen atoms in total. The van der Waals surface area contributed by atoms with Gasteiger partial charge in [0.2, 0.25) is 11.8 Å². The molecule has 0 fully saturated rings. The number of benzene rings is 3. The van der Waals surface area contributed by atoms with Gasteiger partial charge in [0.15, 0.2) is 0 Å². The van der Waals surface area contributed by atoms with E-state index in [2.05, 4.69) is 15.6 Å². The Labute approximate surface area is 175 Å². The molecule has 4 aromatic rings. The van der Waals surface area contributed by atoms with Crippen LogP contribution in [0.15, 0.2) is 66.7 Å². The van der Waals surface area contributed by atoms with E-state index in [1.165, 1.54) is 12.1 Å². The maximum absolute atomic E-state index is 13.5. The van der Waals surface area contributed by atoms with Crippen LogP contribution in [0.3, 0.4) is 0 Å². The maximum Gasteiger partial charge on any atom is 0.232 e. The molecule has 1 unspecified atom stereocenters. The molecule has 1 aromatic heterocycles. The number of fused-ring (bicyclic) bond motifs is 2. The van der Waals surface area contributed by atoms with Gasteiger partial charge in [-0.15, -0.1) is 11.3 Å². The van der Waals surface area contributed by atoms with Crippen molar-refractivity contribution in [2.24, 2.45) is 0 Å². The van der Waals surface area contributed by atoms with Crippen molar-refractivity contribution in [3.8, 4) is 10.6 Å². The highest BCUT2D eigenvalue weighted by atomic mass is 32.1. The van der Waals surface area contributed by atoms with Crippen molar-refractivity contribution in [1.82, 2.24) is 4.98 Å². The monoisotopic (exact) mass is 417 g/mol. The first-order chi connectivity index (χ1) is 14.6. The molecule has 0 spiro atoms. The highest BCUT2D eigenvalue weighted by Gasteiger charge is 2.31. The molecule has 7 heteroatoms. The van der Waals surface area contributed by atoms with Crippen molar-refractivity contribution in [3.05, 3.63) is 78.1 Å². The van der Waals surface area contributed by atoms with Crippen LogP contribution >= 0.6 is 11.3 Å². The zero-order chi connectivity index (χ0) is 20.7. The number of nitrogens with one attached hydrogen (secondary N) is 2. The van der Waals surface area contributed by atoms with Crippen LogP contribution in [0.25, 0.3) is 20.8 Å². The number of carbonyl (C=O) groups excluding carboxylic acids is 2. The molecule has 30 heavy (non-hydrogen) atoms. The lowest BCUT2D eigenvalue weighted by Crippen LogP contribution is -2.30. The lowest BCUT2D eigenvalue weighted by molar-refractivity contribution is -0.123. The number of rotatable bonds is 3. The first-order valence-corrected chi connectivity index (χ1v) is 10.2. The Morgan fingerprint density at radius 1 is 1.10 bits per heavy atom. The summed E-state index contributed by atoms with van der Waals surface area (Å²) < 4.78 is 14.6. The van der Waals surface area contributed by atoms with E-state index in [4.69, 9.17) is 0 Å². The van der Waals surface area contributed by atoms with Gasteiger partial charge in [0.25, 0.3) is 0 Å². The van der Waals surface area contributed by atoms with E-state index < -0.39 is 11.7 Å². The van der Waals surface area contributed by atoms with Gasteiger partial charge in [-0.1, -0.05) is 30.3 Å². The Kier molecular flexibility index (Phi) is 4.52.